The third-order valence-electron chi connectivity index (χ3n) is 1.92. The van der Waals surface area contributed by atoms with Crippen molar-refractivity contribution in [2.45, 2.75) is 19.6 Å². The standard InChI is InChI=1S/C12H10S3.ClH.Sb/c13-9-5-1-3-7-11(9)15-12-8-4-2-6-10(12)14;;/h1-8,13-14H;1H;/q;;+1/p-3. The van der Waals surface area contributed by atoms with Crippen molar-refractivity contribution in [3.63, 3.8) is 0 Å². The SMILES string of the molecule is [Cl][Sb].[S-]c1ccccc1Sc1ccccc1[S-]. The van der Waals surface area contributed by atoms with Crippen molar-refractivity contribution in [3.05, 3.63) is 48.5 Å². The van der Waals surface area contributed by atoms with Crippen molar-refractivity contribution in [1.82, 2.24) is 0 Å². The second-order valence-corrected chi connectivity index (χ2v) is 4.96. The first-order chi connectivity index (χ1) is 8.27. The van der Waals surface area contributed by atoms with Gasteiger partial charge in [0.25, 0.3) is 0 Å². The molecule has 0 aliphatic heterocycles. The fraction of sp³-hybridized carbons (Fsp3) is 0. The maximum absolute atomic E-state index is 5.24. The van der Waals surface area contributed by atoms with Gasteiger partial charge >= 0.3 is 30.7 Å². The van der Waals surface area contributed by atoms with E-state index in [4.69, 9.17) is 25.3 Å². The molecule has 0 heterocycles. The van der Waals surface area contributed by atoms with Gasteiger partial charge in [0.05, 0.1) is 0 Å². The number of rotatable bonds is 2. The molecule has 2 aromatic rings. The van der Waals surface area contributed by atoms with Gasteiger partial charge in [-0.1, -0.05) is 48.2 Å². The zero-order chi connectivity index (χ0) is 12.7. The summed E-state index contributed by atoms with van der Waals surface area (Å²) in [6, 6.07) is 15.8. The topological polar surface area (TPSA) is 0 Å². The summed E-state index contributed by atoms with van der Waals surface area (Å²) in [6.45, 7) is 0. The van der Waals surface area contributed by atoms with Gasteiger partial charge in [0.15, 0.2) is 0 Å². The minimum absolute atomic E-state index is 0.876. The summed E-state index contributed by atoms with van der Waals surface area (Å²) in [5, 5.41) is 0. The van der Waals surface area contributed by atoms with E-state index in [9.17, 15) is 0 Å². The molecule has 0 unspecified atom stereocenters. The zero-order valence-electron chi connectivity index (χ0n) is 8.67. The monoisotopic (exact) mass is 404 g/mol. The molecule has 5 heteroatoms. The van der Waals surface area contributed by atoms with E-state index in [0.29, 0.717) is 0 Å². The fourth-order valence-electron chi connectivity index (χ4n) is 1.19. The normalized spacial score (nSPS) is 9.29. The van der Waals surface area contributed by atoms with Crippen LogP contribution in [-0.2, 0) is 25.3 Å². The van der Waals surface area contributed by atoms with Crippen molar-refractivity contribution in [2.75, 3.05) is 0 Å². The largest absolute Gasteiger partial charge is 0.779 e. The molecule has 88 valence electrons. The van der Waals surface area contributed by atoms with Crippen LogP contribution in [0.2, 0.25) is 0 Å². The molecule has 17 heavy (non-hydrogen) atoms. The maximum atomic E-state index is 5.24. The van der Waals surface area contributed by atoms with Gasteiger partial charge < -0.3 is 25.3 Å². The average Bonchev–Trinajstić information content (AvgIpc) is 2.37. The molecule has 0 saturated heterocycles. The Hall–Kier alpha value is 0.338. The Morgan fingerprint density at radius 3 is 1.47 bits per heavy atom. The van der Waals surface area contributed by atoms with Crippen LogP contribution in [-0.4, -0.2) is 21.9 Å². The number of hydrogen-bond donors (Lipinski definition) is 0. The molecular weight excluding hydrogens is 398 g/mol. The van der Waals surface area contributed by atoms with Crippen molar-refractivity contribution in [2.24, 2.45) is 0 Å². The summed E-state index contributed by atoms with van der Waals surface area (Å²) in [5.41, 5.74) is 0. The molecule has 0 spiro atoms. The Labute approximate surface area is 135 Å². The summed E-state index contributed by atoms with van der Waals surface area (Å²) >= 11 is 13.3. The molecule has 0 N–H and O–H groups in total. The van der Waals surface area contributed by atoms with Crippen LogP contribution < -0.4 is 0 Å². The molecule has 0 aromatic heterocycles. The minimum atomic E-state index is 0.876. The predicted molar refractivity (Wildman–Crippen MR) is 79.9 cm³/mol. The van der Waals surface area contributed by atoms with Gasteiger partial charge in [-0.05, 0) is 21.9 Å². The Balaban J connectivity index is 0.000000686. The van der Waals surface area contributed by atoms with Crippen LogP contribution in [0.1, 0.15) is 0 Å². The van der Waals surface area contributed by atoms with E-state index in [1.54, 1.807) is 11.8 Å². The van der Waals surface area contributed by atoms with E-state index in [1.165, 1.54) is 21.9 Å². The van der Waals surface area contributed by atoms with Crippen molar-refractivity contribution >= 4 is 67.7 Å². The van der Waals surface area contributed by atoms with Crippen LogP contribution >= 0.6 is 20.6 Å². The van der Waals surface area contributed by atoms with Gasteiger partial charge in [0.1, 0.15) is 0 Å². The van der Waals surface area contributed by atoms with Crippen LogP contribution in [0.15, 0.2) is 68.1 Å². The van der Waals surface area contributed by atoms with Crippen LogP contribution in [0, 0.1) is 0 Å². The number of benzene rings is 2. The summed E-state index contributed by atoms with van der Waals surface area (Å²) in [6.07, 6.45) is 0. The van der Waals surface area contributed by atoms with Gasteiger partial charge in [-0.15, -0.1) is 0 Å². The van der Waals surface area contributed by atoms with Gasteiger partial charge in [-0.3, -0.25) is 0 Å². The Morgan fingerprint density at radius 1 is 0.765 bits per heavy atom. The zero-order valence-corrected chi connectivity index (χ0v) is 14.4. The van der Waals surface area contributed by atoms with Crippen LogP contribution in [0.25, 0.3) is 0 Å². The smallest absolute Gasteiger partial charge is 0.00700 e. The average molecular weight is 406 g/mol. The fourth-order valence-corrected chi connectivity index (χ4v) is 2.60. The summed E-state index contributed by atoms with van der Waals surface area (Å²) in [5.74, 6) is 0. The molecular formula is C12H8ClS3Sb-2. The summed E-state index contributed by atoms with van der Waals surface area (Å²) in [7, 11) is 4.69. The van der Waals surface area contributed by atoms with Gasteiger partial charge in [-0.2, -0.15) is 9.79 Å². The van der Waals surface area contributed by atoms with E-state index in [0.717, 1.165) is 19.6 Å². The minimum Gasteiger partial charge on any atom is -0.779 e. The van der Waals surface area contributed by atoms with E-state index in [2.05, 4.69) is 8.83 Å². The van der Waals surface area contributed by atoms with Crippen molar-refractivity contribution in [1.29, 1.82) is 0 Å². The van der Waals surface area contributed by atoms with Crippen LogP contribution in [0.5, 0.6) is 0 Å². The maximum Gasteiger partial charge on any atom is -0.00700 e. The molecule has 2 aromatic carbocycles. The third kappa shape index (κ3) is 4.84. The molecule has 0 aliphatic carbocycles. The second-order valence-electron chi connectivity index (χ2n) is 3.00. The third-order valence-corrected chi connectivity index (χ3v) is 4.04. The second kappa shape index (κ2) is 8.44. The Kier molecular flexibility index (Phi) is 7.65. The van der Waals surface area contributed by atoms with E-state index in [-0.39, 0.29) is 0 Å². The number of hydrogen-bond acceptors (Lipinski definition) is 3. The van der Waals surface area contributed by atoms with E-state index >= 15 is 0 Å². The first kappa shape index (κ1) is 15.4. The molecule has 0 bridgehead atoms. The van der Waals surface area contributed by atoms with E-state index in [1.807, 2.05) is 48.5 Å². The van der Waals surface area contributed by atoms with Crippen LogP contribution in [0.3, 0.4) is 0 Å². The predicted octanol–water partition coefficient (Wildman–Crippen LogP) is 3.96. The van der Waals surface area contributed by atoms with Crippen molar-refractivity contribution < 1.29 is 0 Å². The molecule has 0 amide bonds. The quantitative estimate of drug-likeness (QED) is 0.548. The molecule has 0 nitrogen and oxygen atoms in total. The Bertz CT molecular complexity index is 433. The molecule has 0 aliphatic rings. The molecule has 0 saturated carbocycles. The van der Waals surface area contributed by atoms with Gasteiger partial charge in [0.2, 0.25) is 0 Å². The molecule has 2 radical (unpaired) electrons. The molecule has 2 rings (SSSR count). The van der Waals surface area contributed by atoms with Crippen molar-refractivity contribution in [3.8, 4) is 0 Å². The summed E-state index contributed by atoms with van der Waals surface area (Å²) < 4.78 is 0. The summed E-state index contributed by atoms with van der Waals surface area (Å²) in [4.78, 5) is 3.93. The molecule has 0 fully saturated rings. The Morgan fingerprint density at radius 2 is 1.12 bits per heavy atom. The van der Waals surface area contributed by atoms with E-state index < -0.39 is 0 Å². The van der Waals surface area contributed by atoms with Gasteiger partial charge in [-0.25, -0.2) is 0 Å². The number of halogens is 1. The first-order valence-corrected chi connectivity index (χ1v) is 9.51. The molecule has 0 atom stereocenters. The van der Waals surface area contributed by atoms with Gasteiger partial charge in [0, 0.05) is 0 Å². The van der Waals surface area contributed by atoms with Crippen LogP contribution in [0.4, 0.5) is 0 Å². The first-order valence-electron chi connectivity index (χ1n) is 4.64.